The van der Waals surface area contributed by atoms with Crippen LogP contribution in [0.1, 0.15) is 5.56 Å². The highest BCUT2D eigenvalue weighted by Crippen LogP contribution is 2.29. The maximum absolute atomic E-state index is 12.9. The highest BCUT2D eigenvalue weighted by atomic mass is 79.9. The quantitative estimate of drug-likeness (QED) is 0.431. The van der Waals surface area contributed by atoms with Gasteiger partial charge in [-0.05, 0) is 67.8 Å². The number of hydrogen-bond donors (Lipinski definition) is 0. The summed E-state index contributed by atoms with van der Waals surface area (Å²) < 4.78 is 14.6. The SMILES string of the molecule is COc1ccc(C=c2sc3nc4cc(Br)c(Br)cc4n3c2=O)cc1OC. The molecule has 0 saturated carbocycles. The fourth-order valence-electron chi connectivity index (χ4n) is 2.75. The summed E-state index contributed by atoms with van der Waals surface area (Å²) in [5.41, 5.74) is 2.33. The molecular weight excluding hydrogens is 484 g/mol. The Hall–Kier alpha value is -1.90. The lowest BCUT2D eigenvalue weighted by molar-refractivity contribution is 0.355. The zero-order valence-corrected chi connectivity index (χ0v) is 17.7. The average molecular weight is 496 g/mol. The van der Waals surface area contributed by atoms with Crippen LogP contribution in [0.2, 0.25) is 0 Å². The smallest absolute Gasteiger partial charge is 0.274 e. The first-order chi connectivity index (χ1) is 12.5. The summed E-state index contributed by atoms with van der Waals surface area (Å²) >= 11 is 8.31. The first-order valence-electron chi connectivity index (χ1n) is 7.55. The van der Waals surface area contributed by atoms with Crippen LogP contribution in [0.3, 0.4) is 0 Å². The average Bonchev–Trinajstić information content (AvgIpc) is 3.12. The van der Waals surface area contributed by atoms with Gasteiger partial charge in [0.25, 0.3) is 5.56 Å². The van der Waals surface area contributed by atoms with E-state index >= 15 is 0 Å². The standard InChI is InChI=1S/C18H12Br2N2O3S/c1-24-14-4-3-9(5-15(14)25-2)6-16-17(23)22-13-8-11(20)10(19)7-12(13)21-18(22)26-16/h3-8H,1-2H3. The predicted octanol–water partition coefficient (Wildman–Crippen LogP) is 4.00. The molecule has 0 atom stereocenters. The number of halogens is 2. The molecule has 0 bridgehead atoms. The topological polar surface area (TPSA) is 52.8 Å². The van der Waals surface area contributed by atoms with Crippen molar-refractivity contribution in [3.05, 3.63) is 59.7 Å². The van der Waals surface area contributed by atoms with E-state index in [2.05, 4.69) is 36.8 Å². The van der Waals surface area contributed by atoms with Gasteiger partial charge in [-0.15, -0.1) is 0 Å². The van der Waals surface area contributed by atoms with Crippen molar-refractivity contribution in [2.75, 3.05) is 14.2 Å². The van der Waals surface area contributed by atoms with E-state index in [0.29, 0.717) is 21.0 Å². The van der Waals surface area contributed by atoms with E-state index in [-0.39, 0.29) is 5.56 Å². The number of methoxy groups -OCH3 is 2. The van der Waals surface area contributed by atoms with Crippen LogP contribution < -0.4 is 19.6 Å². The Labute approximate surface area is 169 Å². The lowest BCUT2D eigenvalue weighted by Gasteiger charge is -2.07. The molecule has 4 rings (SSSR count). The van der Waals surface area contributed by atoms with E-state index in [0.717, 1.165) is 25.5 Å². The van der Waals surface area contributed by atoms with Crippen LogP contribution in [-0.2, 0) is 0 Å². The summed E-state index contributed by atoms with van der Waals surface area (Å²) in [7, 11) is 3.18. The van der Waals surface area contributed by atoms with Crippen molar-refractivity contribution in [3.63, 3.8) is 0 Å². The molecule has 0 fully saturated rings. The van der Waals surface area contributed by atoms with E-state index in [1.54, 1.807) is 18.6 Å². The van der Waals surface area contributed by atoms with Gasteiger partial charge in [0.05, 0.1) is 29.8 Å². The maximum atomic E-state index is 12.9. The van der Waals surface area contributed by atoms with Gasteiger partial charge in [-0.2, -0.15) is 0 Å². The summed E-state index contributed by atoms with van der Waals surface area (Å²) in [6, 6.07) is 9.34. The Balaban J connectivity index is 1.93. The molecule has 0 aliphatic heterocycles. The van der Waals surface area contributed by atoms with Gasteiger partial charge in [0, 0.05) is 8.95 Å². The van der Waals surface area contributed by atoms with Crippen molar-refractivity contribution >= 4 is 65.3 Å². The number of fused-ring (bicyclic) bond motifs is 3. The molecule has 0 unspecified atom stereocenters. The number of imidazole rings is 1. The normalized spacial score (nSPS) is 12.2. The fourth-order valence-corrected chi connectivity index (χ4v) is 4.40. The summed E-state index contributed by atoms with van der Waals surface area (Å²) in [5, 5.41) is 0. The van der Waals surface area contributed by atoms with E-state index in [4.69, 9.17) is 9.47 Å². The van der Waals surface area contributed by atoms with E-state index in [1.807, 2.05) is 36.4 Å². The third-order valence-electron chi connectivity index (χ3n) is 3.99. The second-order valence-electron chi connectivity index (χ2n) is 5.52. The van der Waals surface area contributed by atoms with Crippen molar-refractivity contribution in [1.82, 2.24) is 9.38 Å². The maximum Gasteiger partial charge on any atom is 0.274 e. The minimum Gasteiger partial charge on any atom is -0.493 e. The van der Waals surface area contributed by atoms with Crippen LogP contribution >= 0.6 is 43.2 Å². The first-order valence-corrected chi connectivity index (χ1v) is 9.96. The Morgan fingerprint density at radius 3 is 2.54 bits per heavy atom. The van der Waals surface area contributed by atoms with Crippen molar-refractivity contribution in [2.24, 2.45) is 0 Å². The molecule has 0 radical (unpaired) electrons. The zero-order valence-electron chi connectivity index (χ0n) is 13.7. The van der Waals surface area contributed by atoms with Crippen molar-refractivity contribution in [3.8, 4) is 11.5 Å². The summed E-state index contributed by atoms with van der Waals surface area (Å²) in [5.74, 6) is 1.27. The van der Waals surface area contributed by atoms with E-state index in [1.165, 1.54) is 11.3 Å². The second-order valence-corrected chi connectivity index (χ2v) is 8.23. The molecule has 8 heteroatoms. The number of aromatic nitrogens is 2. The van der Waals surface area contributed by atoms with Gasteiger partial charge in [0.1, 0.15) is 0 Å². The van der Waals surface area contributed by atoms with Gasteiger partial charge in [-0.1, -0.05) is 17.4 Å². The molecule has 26 heavy (non-hydrogen) atoms. The van der Waals surface area contributed by atoms with E-state index < -0.39 is 0 Å². The molecule has 2 aromatic heterocycles. The van der Waals surface area contributed by atoms with Gasteiger partial charge in [-0.3, -0.25) is 4.79 Å². The van der Waals surface area contributed by atoms with Crippen LogP contribution in [0, 0.1) is 0 Å². The lowest BCUT2D eigenvalue weighted by atomic mass is 10.2. The third kappa shape index (κ3) is 2.82. The van der Waals surface area contributed by atoms with Crippen molar-refractivity contribution < 1.29 is 9.47 Å². The zero-order chi connectivity index (χ0) is 18.4. The molecule has 2 aromatic carbocycles. The van der Waals surface area contributed by atoms with Crippen molar-refractivity contribution in [2.45, 2.75) is 0 Å². The summed E-state index contributed by atoms with van der Waals surface area (Å²) in [6.45, 7) is 0. The second kappa shape index (κ2) is 6.68. The molecule has 132 valence electrons. The van der Waals surface area contributed by atoms with Crippen LogP contribution in [0.15, 0.2) is 44.1 Å². The summed E-state index contributed by atoms with van der Waals surface area (Å²) in [4.78, 5) is 18.1. The Morgan fingerprint density at radius 1 is 1.08 bits per heavy atom. The molecule has 0 spiro atoms. The Bertz CT molecular complexity index is 1260. The molecule has 0 N–H and O–H groups in total. The summed E-state index contributed by atoms with van der Waals surface area (Å²) in [6.07, 6.45) is 1.84. The van der Waals surface area contributed by atoms with Crippen LogP contribution in [0.4, 0.5) is 0 Å². The van der Waals surface area contributed by atoms with Gasteiger partial charge in [0.15, 0.2) is 16.5 Å². The fraction of sp³-hybridized carbons (Fsp3) is 0.111. The van der Waals surface area contributed by atoms with E-state index in [9.17, 15) is 4.79 Å². The van der Waals surface area contributed by atoms with Gasteiger partial charge < -0.3 is 9.47 Å². The minimum atomic E-state index is -0.0866. The molecule has 4 aromatic rings. The number of ether oxygens (including phenoxy) is 2. The molecule has 5 nitrogen and oxygen atoms in total. The molecular formula is C18H12Br2N2O3S. The highest BCUT2D eigenvalue weighted by molar-refractivity contribution is 9.13. The number of hydrogen-bond acceptors (Lipinski definition) is 5. The number of nitrogens with zero attached hydrogens (tertiary/aromatic N) is 2. The molecule has 2 heterocycles. The molecule has 0 saturated heterocycles. The molecule has 0 amide bonds. The van der Waals surface area contributed by atoms with Gasteiger partial charge in [-0.25, -0.2) is 9.38 Å². The lowest BCUT2D eigenvalue weighted by Crippen LogP contribution is -2.22. The first kappa shape index (κ1) is 17.5. The van der Waals surface area contributed by atoms with Crippen molar-refractivity contribution in [1.29, 1.82) is 0 Å². The van der Waals surface area contributed by atoms with Crippen LogP contribution in [0.25, 0.3) is 22.1 Å². The van der Waals surface area contributed by atoms with Gasteiger partial charge in [0.2, 0.25) is 0 Å². The number of rotatable bonds is 3. The third-order valence-corrected chi connectivity index (χ3v) is 6.80. The van der Waals surface area contributed by atoms with Crippen LogP contribution in [0.5, 0.6) is 11.5 Å². The Kier molecular flexibility index (Phi) is 4.50. The number of thiazole rings is 1. The van der Waals surface area contributed by atoms with Crippen LogP contribution in [-0.4, -0.2) is 23.6 Å². The van der Waals surface area contributed by atoms with Gasteiger partial charge >= 0.3 is 0 Å². The molecule has 0 aliphatic carbocycles. The predicted molar refractivity (Wildman–Crippen MR) is 111 cm³/mol. The minimum absolute atomic E-state index is 0.0866. The largest absolute Gasteiger partial charge is 0.493 e. The number of benzene rings is 2. The Morgan fingerprint density at radius 2 is 1.81 bits per heavy atom. The highest BCUT2D eigenvalue weighted by Gasteiger charge is 2.13. The monoisotopic (exact) mass is 494 g/mol. The molecule has 0 aliphatic rings.